The fourth-order valence-corrected chi connectivity index (χ4v) is 2.05. The maximum absolute atomic E-state index is 4.21. The predicted octanol–water partition coefficient (Wildman–Crippen LogP) is 2.11. The van der Waals surface area contributed by atoms with Gasteiger partial charge >= 0.3 is 20.4 Å². The smallest absolute Gasteiger partial charge is 0.421 e. The standard InChI is InChI=1S/2C9H9N4.Pd/c2*1-2-8-11-9(13-12-8)7-5-3-4-6-10-7;/h2*3-6H,2H2,1H3;/q2*-1;+2. The summed E-state index contributed by atoms with van der Waals surface area (Å²) in [6, 6.07) is 11.3. The minimum Gasteiger partial charge on any atom is -0.421 e. The van der Waals surface area contributed by atoms with E-state index in [2.05, 4.69) is 40.3 Å². The van der Waals surface area contributed by atoms with Crippen LogP contribution in [0.5, 0.6) is 0 Å². The van der Waals surface area contributed by atoms with Crippen LogP contribution in [-0.4, -0.2) is 30.1 Å². The van der Waals surface area contributed by atoms with Gasteiger partial charge in [0.2, 0.25) is 0 Å². The van der Waals surface area contributed by atoms with Gasteiger partial charge < -0.3 is 20.2 Å². The minimum atomic E-state index is 0. The number of aryl methyl sites for hydroxylation is 2. The maximum Gasteiger partial charge on any atom is 2.00 e. The summed E-state index contributed by atoms with van der Waals surface area (Å²) in [5, 5.41) is 15.7. The predicted molar refractivity (Wildman–Crippen MR) is 95.9 cm³/mol. The number of hydrogen-bond acceptors (Lipinski definition) is 6. The second-order valence-electron chi connectivity index (χ2n) is 5.24. The molecule has 0 aliphatic heterocycles. The van der Waals surface area contributed by atoms with Crippen LogP contribution in [0.25, 0.3) is 23.0 Å². The van der Waals surface area contributed by atoms with Crippen molar-refractivity contribution in [2.45, 2.75) is 26.7 Å². The Morgan fingerprint density at radius 3 is 2.00 bits per heavy atom. The molecule has 4 aromatic heterocycles. The molecule has 8 nitrogen and oxygen atoms in total. The van der Waals surface area contributed by atoms with E-state index in [1.165, 1.54) is 0 Å². The number of hydrogen-bond donors (Lipinski definition) is 0. The zero-order chi connectivity index (χ0) is 18.2. The normalized spacial score (nSPS) is 9.85. The van der Waals surface area contributed by atoms with Crippen molar-refractivity contribution in [2.75, 3.05) is 0 Å². The molecule has 4 rings (SSSR count). The molecule has 9 heteroatoms. The van der Waals surface area contributed by atoms with Gasteiger partial charge in [-0.25, -0.2) is 0 Å². The van der Waals surface area contributed by atoms with Crippen molar-refractivity contribution in [3.8, 4) is 23.0 Å². The Balaban J connectivity index is 0.000000187. The SMILES string of the molecule is CCc1n[n-]c(-c2ccccn2)n1.CCc1nc(-c2ccccn2)n[n-]1.[Pd+2]. The summed E-state index contributed by atoms with van der Waals surface area (Å²) in [7, 11) is 0. The molecule has 0 fully saturated rings. The first kappa shape index (κ1) is 20.6. The van der Waals surface area contributed by atoms with E-state index in [0.717, 1.165) is 35.9 Å². The van der Waals surface area contributed by atoms with Crippen molar-refractivity contribution in [3.63, 3.8) is 0 Å². The molecule has 27 heavy (non-hydrogen) atoms. The Morgan fingerprint density at radius 1 is 0.778 bits per heavy atom. The van der Waals surface area contributed by atoms with E-state index in [4.69, 9.17) is 0 Å². The van der Waals surface area contributed by atoms with E-state index >= 15 is 0 Å². The summed E-state index contributed by atoms with van der Waals surface area (Å²) in [4.78, 5) is 16.7. The van der Waals surface area contributed by atoms with Gasteiger partial charge in [-0.15, -0.1) is 0 Å². The van der Waals surface area contributed by atoms with E-state index < -0.39 is 0 Å². The summed E-state index contributed by atoms with van der Waals surface area (Å²) in [5.74, 6) is 2.75. The number of nitrogens with zero attached hydrogens (tertiary/aromatic N) is 8. The van der Waals surface area contributed by atoms with Gasteiger partial charge in [0, 0.05) is 18.2 Å². The molecule has 0 saturated heterocycles. The van der Waals surface area contributed by atoms with Gasteiger partial charge in [-0.1, -0.05) is 31.8 Å². The van der Waals surface area contributed by atoms with Crippen LogP contribution in [0.3, 0.4) is 0 Å². The summed E-state index contributed by atoms with van der Waals surface area (Å²) >= 11 is 0. The molecular weight excluding hydrogens is 435 g/mol. The van der Waals surface area contributed by atoms with Crippen molar-refractivity contribution in [1.29, 1.82) is 0 Å². The van der Waals surface area contributed by atoms with Crippen LogP contribution < -0.4 is 10.2 Å². The van der Waals surface area contributed by atoms with Crippen LogP contribution in [0.1, 0.15) is 25.5 Å². The summed E-state index contributed by atoms with van der Waals surface area (Å²) in [5.41, 5.74) is 1.55. The average Bonchev–Trinajstić information content (AvgIpc) is 3.39. The molecule has 0 unspecified atom stereocenters. The third-order valence-electron chi connectivity index (χ3n) is 3.41. The van der Waals surface area contributed by atoms with Crippen LogP contribution in [0.4, 0.5) is 0 Å². The summed E-state index contributed by atoms with van der Waals surface area (Å²) in [6.07, 6.45) is 5.05. The Hall–Kier alpha value is -2.76. The molecule has 0 amide bonds. The van der Waals surface area contributed by atoms with Crippen molar-refractivity contribution >= 4 is 0 Å². The van der Waals surface area contributed by atoms with E-state index in [-0.39, 0.29) is 20.4 Å². The third kappa shape index (κ3) is 5.61. The third-order valence-corrected chi connectivity index (χ3v) is 3.41. The van der Waals surface area contributed by atoms with E-state index in [1.54, 1.807) is 12.4 Å². The second kappa shape index (κ2) is 10.4. The van der Waals surface area contributed by atoms with E-state index in [1.807, 2.05) is 50.2 Å². The number of pyridine rings is 2. The molecule has 0 atom stereocenters. The monoisotopic (exact) mass is 452 g/mol. The fourth-order valence-electron chi connectivity index (χ4n) is 2.05. The Bertz CT molecular complexity index is 843. The molecule has 0 N–H and O–H groups in total. The number of aromatic nitrogens is 8. The van der Waals surface area contributed by atoms with Crippen molar-refractivity contribution in [3.05, 3.63) is 60.4 Å². The Kier molecular flexibility index (Phi) is 7.92. The van der Waals surface area contributed by atoms with Gasteiger partial charge in [0.1, 0.15) is 0 Å². The second-order valence-corrected chi connectivity index (χ2v) is 5.24. The molecule has 4 heterocycles. The molecular formula is C18H18N8Pd. The average molecular weight is 453 g/mol. The molecule has 140 valence electrons. The van der Waals surface area contributed by atoms with Crippen LogP contribution in [0.15, 0.2) is 48.8 Å². The van der Waals surface area contributed by atoms with E-state index in [0.29, 0.717) is 11.6 Å². The summed E-state index contributed by atoms with van der Waals surface area (Å²) in [6.45, 7) is 4.00. The van der Waals surface area contributed by atoms with Gasteiger partial charge in [0.05, 0.1) is 17.2 Å². The first-order valence-electron chi connectivity index (χ1n) is 8.35. The molecule has 0 saturated carbocycles. The van der Waals surface area contributed by atoms with Crippen molar-refractivity contribution in [1.82, 2.24) is 40.3 Å². The quantitative estimate of drug-likeness (QED) is 0.433. The molecule has 0 bridgehead atoms. The van der Waals surface area contributed by atoms with Gasteiger partial charge in [-0.3, -0.25) is 20.2 Å². The van der Waals surface area contributed by atoms with Crippen LogP contribution in [-0.2, 0) is 33.3 Å². The van der Waals surface area contributed by atoms with Crippen LogP contribution >= 0.6 is 0 Å². The molecule has 0 aromatic carbocycles. The zero-order valence-corrected chi connectivity index (χ0v) is 16.5. The largest absolute Gasteiger partial charge is 2.00 e. The van der Waals surface area contributed by atoms with Crippen molar-refractivity contribution in [2.24, 2.45) is 0 Å². The fraction of sp³-hybridized carbons (Fsp3) is 0.222. The van der Waals surface area contributed by atoms with Crippen LogP contribution in [0, 0.1) is 0 Å². The molecule has 0 spiro atoms. The Morgan fingerprint density at radius 2 is 1.48 bits per heavy atom. The van der Waals surface area contributed by atoms with Gasteiger partial charge in [-0.05, 0) is 42.9 Å². The Labute approximate surface area is 171 Å². The van der Waals surface area contributed by atoms with Gasteiger partial charge in [0.15, 0.2) is 0 Å². The first-order chi connectivity index (χ1) is 12.8. The maximum atomic E-state index is 4.21. The van der Waals surface area contributed by atoms with Gasteiger partial charge in [0.25, 0.3) is 0 Å². The van der Waals surface area contributed by atoms with E-state index in [9.17, 15) is 0 Å². The van der Waals surface area contributed by atoms with Crippen molar-refractivity contribution < 1.29 is 20.4 Å². The van der Waals surface area contributed by atoms with Crippen LogP contribution in [0.2, 0.25) is 0 Å². The first-order valence-corrected chi connectivity index (χ1v) is 8.35. The van der Waals surface area contributed by atoms with Gasteiger partial charge in [-0.2, -0.15) is 0 Å². The zero-order valence-electron chi connectivity index (χ0n) is 14.9. The molecule has 0 radical (unpaired) electrons. The molecule has 0 aliphatic carbocycles. The topological polar surface area (TPSA) is 106 Å². The summed E-state index contributed by atoms with van der Waals surface area (Å²) < 4.78 is 0. The molecule has 4 aromatic rings. The molecule has 0 aliphatic rings. The number of rotatable bonds is 4. The minimum absolute atomic E-state index is 0.